The van der Waals surface area contributed by atoms with E-state index in [9.17, 15) is 13.2 Å². The molecule has 1 heterocycles. The summed E-state index contributed by atoms with van der Waals surface area (Å²) in [6.45, 7) is 2.65. The standard InChI is InChI=1S/C11H19F3N4O/c1-8(2)18-10(3-5-16-18)9(17-15)4-6-19-7-11(12,13)14/h3,5,8-9,17H,4,6-7,15H2,1-2H3. The van der Waals surface area contributed by atoms with Crippen LogP contribution in [0.4, 0.5) is 13.2 Å². The van der Waals surface area contributed by atoms with Crippen molar-refractivity contribution in [3.63, 3.8) is 0 Å². The molecular weight excluding hydrogens is 261 g/mol. The first-order valence-corrected chi connectivity index (χ1v) is 5.99. The van der Waals surface area contributed by atoms with Gasteiger partial charge in [0.05, 0.1) is 11.7 Å². The molecule has 0 radical (unpaired) electrons. The molecule has 1 aromatic heterocycles. The van der Waals surface area contributed by atoms with Crippen LogP contribution >= 0.6 is 0 Å². The van der Waals surface area contributed by atoms with Gasteiger partial charge < -0.3 is 4.74 Å². The molecule has 0 saturated heterocycles. The lowest BCUT2D eigenvalue weighted by atomic mass is 10.1. The van der Waals surface area contributed by atoms with Gasteiger partial charge in [0.1, 0.15) is 6.61 Å². The third-order valence-electron chi connectivity index (χ3n) is 2.56. The largest absolute Gasteiger partial charge is 0.411 e. The third-order valence-corrected chi connectivity index (χ3v) is 2.56. The Morgan fingerprint density at radius 1 is 1.47 bits per heavy atom. The van der Waals surface area contributed by atoms with Gasteiger partial charge in [-0.3, -0.25) is 16.0 Å². The number of ether oxygens (including phenoxy) is 1. The Bertz CT molecular complexity index is 378. The van der Waals surface area contributed by atoms with E-state index in [1.165, 1.54) is 0 Å². The van der Waals surface area contributed by atoms with Crippen LogP contribution in [0.2, 0.25) is 0 Å². The Morgan fingerprint density at radius 3 is 2.68 bits per heavy atom. The fraction of sp³-hybridized carbons (Fsp3) is 0.727. The normalized spacial score (nSPS) is 14.1. The van der Waals surface area contributed by atoms with Crippen LogP contribution in [0.5, 0.6) is 0 Å². The number of hydrogen-bond donors (Lipinski definition) is 2. The van der Waals surface area contributed by atoms with Crippen LogP contribution in [0.25, 0.3) is 0 Å². The van der Waals surface area contributed by atoms with Gasteiger partial charge in [-0.05, 0) is 26.3 Å². The molecule has 0 spiro atoms. The highest BCUT2D eigenvalue weighted by atomic mass is 19.4. The molecular formula is C11H19F3N4O. The molecule has 5 nitrogen and oxygen atoms in total. The van der Waals surface area contributed by atoms with E-state index >= 15 is 0 Å². The maximum Gasteiger partial charge on any atom is 0.411 e. The SMILES string of the molecule is CC(C)n1nccc1C(CCOCC(F)(F)F)NN. The second kappa shape index (κ2) is 6.88. The highest BCUT2D eigenvalue weighted by Crippen LogP contribution is 2.20. The first-order valence-electron chi connectivity index (χ1n) is 5.99. The minimum absolute atomic E-state index is 0.0301. The van der Waals surface area contributed by atoms with Gasteiger partial charge in [-0.15, -0.1) is 0 Å². The average Bonchev–Trinajstić information content (AvgIpc) is 2.76. The average molecular weight is 280 g/mol. The van der Waals surface area contributed by atoms with Crippen molar-refractivity contribution in [2.45, 2.75) is 38.5 Å². The topological polar surface area (TPSA) is 65.1 Å². The summed E-state index contributed by atoms with van der Waals surface area (Å²) in [6.07, 6.45) is -2.33. The van der Waals surface area contributed by atoms with E-state index in [4.69, 9.17) is 5.84 Å². The van der Waals surface area contributed by atoms with Gasteiger partial charge in [-0.25, -0.2) is 0 Å². The van der Waals surface area contributed by atoms with Crippen LogP contribution < -0.4 is 11.3 Å². The molecule has 0 saturated carbocycles. The van der Waals surface area contributed by atoms with Gasteiger partial charge in [0.25, 0.3) is 0 Å². The second-order valence-corrected chi connectivity index (χ2v) is 4.47. The van der Waals surface area contributed by atoms with E-state index in [0.29, 0.717) is 6.42 Å². The van der Waals surface area contributed by atoms with E-state index < -0.39 is 12.8 Å². The zero-order chi connectivity index (χ0) is 14.5. The summed E-state index contributed by atoms with van der Waals surface area (Å²) >= 11 is 0. The van der Waals surface area contributed by atoms with E-state index in [1.807, 2.05) is 13.8 Å². The smallest absolute Gasteiger partial charge is 0.372 e. The van der Waals surface area contributed by atoms with Crippen LogP contribution in [-0.2, 0) is 4.74 Å². The Labute approximate surface area is 109 Å². The number of alkyl halides is 3. The molecule has 0 bridgehead atoms. The van der Waals surface area contributed by atoms with Crippen LogP contribution in [0, 0.1) is 0 Å². The quantitative estimate of drug-likeness (QED) is 0.455. The van der Waals surface area contributed by atoms with E-state index in [0.717, 1.165) is 5.69 Å². The Kier molecular flexibility index (Phi) is 5.77. The highest BCUT2D eigenvalue weighted by molar-refractivity contribution is 5.07. The van der Waals surface area contributed by atoms with Gasteiger partial charge in [0.15, 0.2) is 0 Å². The number of nitrogens with one attached hydrogen (secondary N) is 1. The van der Waals surface area contributed by atoms with E-state index in [-0.39, 0.29) is 18.7 Å². The van der Waals surface area contributed by atoms with Gasteiger partial charge in [-0.2, -0.15) is 18.3 Å². The van der Waals surface area contributed by atoms with Crippen LogP contribution in [0.15, 0.2) is 12.3 Å². The van der Waals surface area contributed by atoms with Crippen molar-refractivity contribution in [3.8, 4) is 0 Å². The van der Waals surface area contributed by atoms with Crippen molar-refractivity contribution >= 4 is 0 Å². The van der Waals surface area contributed by atoms with E-state index in [1.54, 1.807) is 16.9 Å². The molecule has 1 atom stereocenters. The zero-order valence-corrected chi connectivity index (χ0v) is 10.9. The molecule has 1 rings (SSSR count). The molecule has 3 N–H and O–H groups in total. The second-order valence-electron chi connectivity index (χ2n) is 4.47. The summed E-state index contributed by atoms with van der Waals surface area (Å²) < 4.78 is 42.1. The summed E-state index contributed by atoms with van der Waals surface area (Å²) in [5.74, 6) is 5.43. The molecule has 110 valence electrons. The number of halogens is 3. The summed E-state index contributed by atoms with van der Waals surface area (Å²) in [5.41, 5.74) is 3.40. The zero-order valence-electron chi connectivity index (χ0n) is 10.9. The summed E-state index contributed by atoms with van der Waals surface area (Å²) in [4.78, 5) is 0. The lowest BCUT2D eigenvalue weighted by molar-refractivity contribution is -0.174. The Morgan fingerprint density at radius 2 is 2.16 bits per heavy atom. The molecule has 0 aliphatic rings. The molecule has 1 unspecified atom stereocenters. The van der Waals surface area contributed by atoms with Crippen molar-refractivity contribution in [2.75, 3.05) is 13.2 Å². The molecule has 1 aromatic rings. The Balaban J connectivity index is 2.52. The van der Waals surface area contributed by atoms with Gasteiger partial charge in [0.2, 0.25) is 0 Å². The number of hydrazine groups is 1. The molecule has 19 heavy (non-hydrogen) atoms. The van der Waals surface area contributed by atoms with E-state index in [2.05, 4.69) is 15.3 Å². The number of aromatic nitrogens is 2. The van der Waals surface area contributed by atoms with Gasteiger partial charge >= 0.3 is 6.18 Å². The third kappa shape index (κ3) is 5.17. The number of rotatable bonds is 7. The molecule has 0 aliphatic carbocycles. The van der Waals surface area contributed by atoms with Gasteiger partial charge in [0, 0.05) is 18.8 Å². The minimum Gasteiger partial charge on any atom is -0.372 e. The lowest BCUT2D eigenvalue weighted by Gasteiger charge is -2.19. The van der Waals surface area contributed by atoms with Crippen molar-refractivity contribution in [1.82, 2.24) is 15.2 Å². The monoisotopic (exact) mass is 280 g/mol. The fourth-order valence-corrected chi connectivity index (χ4v) is 1.74. The number of nitrogens with zero attached hydrogens (tertiary/aromatic N) is 2. The molecule has 0 fully saturated rings. The van der Waals surface area contributed by atoms with Crippen molar-refractivity contribution in [1.29, 1.82) is 0 Å². The van der Waals surface area contributed by atoms with Crippen LogP contribution in [0.1, 0.15) is 38.0 Å². The maximum absolute atomic E-state index is 11.9. The lowest BCUT2D eigenvalue weighted by Crippen LogP contribution is -2.31. The van der Waals surface area contributed by atoms with Crippen molar-refractivity contribution < 1.29 is 17.9 Å². The fourth-order valence-electron chi connectivity index (χ4n) is 1.74. The molecule has 0 aromatic carbocycles. The first kappa shape index (κ1) is 15.9. The van der Waals surface area contributed by atoms with Gasteiger partial charge in [-0.1, -0.05) is 0 Å². The Hall–Kier alpha value is -1.12. The molecule has 0 aliphatic heterocycles. The van der Waals surface area contributed by atoms with Crippen LogP contribution in [0.3, 0.4) is 0 Å². The molecule has 0 amide bonds. The first-order chi connectivity index (χ1) is 8.85. The van der Waals surface area contributed by atoms with Crippen molar-refractivity contribution in [3.05, 3.63) is 18.0 Å². The number of nitrogens with two attached hydrogens (primary N) is 1. The predicted octanol–water partition coefficient (Wildman–Crippen LogP) is 1.94. The minimum atomic E-state index is -4.30. The summed E-state index contributed by atoms with van der Waals surface area (Å²) in [7, 11) is 0. The van der Waals surface area contributed by atoms with Crippen LogP contribution in [-0.4, -0.2) is 29.2 Å². The highest BCUT2D eigenvalue weighted by Gasteiger charge is 2.27. The maximum atomic E-state index is 11.9. The number of hydrogen-bond acceptors (Lipinski definition) is 4. The summed E-state index contributed by atoms with van der Waals surface area (Å²) in [6, 6.07) is 1.64. The molecule has 8 heteroatoms. The van der Waals surface area contributed by atoms with Crippen molar-refractivity contribution in [2.24, 2.45) is 5.84 Å². The predicted molar refractivity (Wildman–Crippen MR) is 64.2 cm³/mol. The summed E-state index contributed by atoms with van der Waals surface area (Å²) in [5, 5.41) is 4.15.